The number of ether oxygens (including phenoxy) is 2. The lowest BCUT2D eigenvalue weighted by Crippen LogP contribution is -2.05. The van der Waals surface area contributed by atoms with Crippen LogP contribution in [-0.4, -0.2) is 11.9 Å². The zero-order valence-corrected chi connectivity index (χ0v) is 22.5. The van der Waals surface area contributed by atoms with Gasteiger partial charge in [-0.25, -0.2) is 9.79 Å². The van der Waals surface area contributed by atoms with Crippen LogP contribution in [0.15, 0.2) is 89.6 Å². The first kappa shape index (κ1) is 23.0. The molecule has 0 saturated heterocycles. The molecule has 0 spiro atoms. The van der Waals surface area contributed by atoms with E-state index < -0.39 is 5.97 Å². The molecule has 1 aliphatic rings. The van der Waals surface area contributed by atoms with Crippen LogP contribution in [-0.2, 0) is 16.1 Å². The normalized spacial score (nSPS) is 14.4. The zero-order chi connectivity index (χ0) is 23.7. The van der Waals surface area contributed by atoms with Gasteiger partial charge >= 0.3 is 5.97 Å². The van der Waals surface area contributed by atoms with Gasteiger partial charge in [-0.3, -0.25) is 0 Å². The Hall–Kier alpha value is -2.72. The van der Waals surface area contributed by atoms with Crippen LogP contribution >= 0.6 is 45.2 Å². The van der Waals surface area contributed by atoms with Crippen molar-refractivity contribution >= 4 is 73.9 Å². The predicted octanol–water partition coefficient (Wildman–Crippen LogP) is 7.28. The molecule has 5 rings (SSSR count). The summed E-state index contributed by atoms with van der Waals surface area (Å²) in [4.78, 5) is 17.0. The number of benzene rings is 4. The van der Waals surface area contributed by atoms with E-state index in [0.717, 1.165) is 40.4 Å². The number of fused-ring (bicyclic) bond motifs is 1. The molecule has 0 saturated carbocycles. The van der Waals surface area contributed by atoms with Gasteiger partial charge in [-0.2, -0.15) is 0 Å². The predicted molar refractivity (Wildman–Crippen MR) is 152 cm³/mol. The van der Waals surface area contributed by atoms with E-state index in [1.54, 1.807) is 6.08 Å². The Kier molecular flexibility index (Phi) is 6.69. The molecule has 0 aromatic heterocycles. The van der Waals surface area contributed by atoms with E-state index in [4.69, 9.17) is 9.47 Å². The second-order valence-electron chi connectivity index (χ2n) is 7.99. The van der Waals surface area contributed by atoms with Crippen molar-refractivity contribution in [3.8, 4) is 5.75 Å². The van der Waals surface area contributed by atoms with Crippen molar-refractivity contribution in [1.29, 1.82) is 0 Å². The number of aryl methyl sites for hydroxylation is 1. The van der Waals surface area contributed by atoms with Gasteiger partial charge in [0.15, 0.2) is 5.70 Å². The number of esters is 1. The van der Waals surface area contributed by atoms with Gasteiger partial charge in [0.05, 0.1) is 7.14 Å². The van der Waals surface area contributed by atoms with E-state index in [2.05, 4.69) is 81.4 Å². The Morgan fingerprint density at radius 3 is 2.35 bits per heavy atom. The Morgan fingerprint density at radius 1 is 0.912 bits per heavy atom. The fraction of sp³-hybridized carbons (Fsp3) is 0.0714. The summed E-state index contributed by atoms with van der Waals surface area (Å²) in [5.74, 6) is 0.704. The molecular weight excluding hydrogens is 652 g/mol. The molecule has 0 bridgehead atoms. The molecule has 0 unspecified atom stereocenters. The van der Waals surface area contributed by atoms with Crippen molar-refractivity contribution in [3.05, 3.63) is 114 Å². The largest absolute Gasteiger partial charge is 0.487 e. The van der Waals surface area contributed by atoms with E-state index in [1.807, 2.05) is 54.6 Å². The van der Waals surface area contributed by atoms with Gasteiger partial charge in [0.1, 0.15) is 12.4 Å². The lowest BCUT2D eigenvalue weighted by atomic mass is 10.1. The van der Waals surface area contributed by atoms with E-state index in [-0.39, 0.29) is 5.70 Å². The molecule has 4 nitrogen and oxygen atoms in total. The first-order chi connectivity index (χ1) is 16.5. The molecule has 0 radical (unpaired) electrons. The van der Waals surface area contributed by atoms with Crippen LogP contribution in [0.2, 0.25) is 0 Å². The highest BCUT2D eigenvalue weighted by atomic mass is 127. The monoisotopic (exact) mass is 671 g/mol. The van der Waals surface area contributed by atoms with Crippen molar-refractivity contribution < 1.29 is 14.3 Å². The third-order valence-electron chi connectivity index (χ3n) is 5.44. The standard InChI is InChI=1S/C28H19I2NO3/c1-17-6-8-18(9-7-17)16-33-26-23(29)12-19(13-24(26)30)14-25-28(32)34-27(31-25)22-11-10-20-4-2-3-5-21(20)15-22/h2-15H,16H2,1H3/b25-14-. The van der Waals surface area contributed by atoms with Crippen LogP contribution in [0.25, 0.3) is 16.8 Å². The van der Waals surface area contributed by atoms with Crippen LogP contribution < -0.4 is 4.74 Å². The molecule has 0 atom stereocenters. The summed E-state index contributed by atoms with van der Waals surface area (Å²) in [6, 6.07) is 26.2. The summed E-state index contributed by atoms with van der Waals surface area (Å²) in [7, 11) is 0. The fourth-order valence-electron chi connectivity index (χ4n) is 3.65. The van der Waals surface area contributed by atoms with E-state index in [1.165, 1.54) is 5.56 Å². The van der Waals surface area contributed by atoms with Crippen molar-refractivity contribution in [2.45, 2.75) is 13.5 Å². The Labute approximate surface area is 225 Å². The van der Waals surface area contributed by atoms with Crippen molar-refractivity contribution in [3.63, 3.8) is 0 Å². The minimum atomic E-state index is -0.451. The second kappa shape index (κ2) is 9.87. The van der Waals surface area contributed by atoms with E-state index >= 15 is 0 Å². The summed E-state index contributed by atoms with van der Waals surface area (Å²) in [6.07, 6.45) is 1.75. The quantitative estimate of drug-likeness (QED) is 0.127. The molecule has 34 heavy (non-hydrogen) atoms. The minimum absolute atomic E-state index is 0.281. The highest BCUT2D eigenvalue weighted by molar-refractivity contribution is 14.1. The number of hydrogen-bond donors (Lipinski definition) is 0. The highest BCUT2D eigenvalue weighted by Crippen LogP contribution is 2.31. The molecule has 168 valence electrons. The number of rotatable bonds is 5. The molecule has 0 N–H and O–H groups in total. The third-order valence-corrected chi connectivity index (χ3v) is 7.05. The maximum atomic E-state index is 12.5. The molecule has 1 aliphatic heterocycles. The molecule has 4 aromatic carbocycles. The van der Waals surface area contributed by atoms with E-state index in [9.17, 15) is 4.79 Å². The highest BCUT2D eigenvalue weighted by Gasteiger charge is 2.24. The number of carbonyl (C=O) groups excluding carboxylic acids is 1. The molecule has 0 fully saturated rings. The van der Waals surface area contributed by atoms with Crippen LogP contribution in [0.3, 0.4) is 0 Å². The first-order valence-corrected chi connectivity index (χ1v) is 12.8. The number of hydrogen-bond acceptors (Lipinski definition) is 4. The van der Waals surface area contributed by atoms with Gasteiger partial charge < -0.3 is 9.47 Å². The number of nitrogens with zero attached hydrogens (tertiary/aromatic N) is 1. The van der Waals surface area contributed by atoms with Crippen LogP contribution in [0.4, 0.5) is 0 Å². The number of halogens is 2. The topological polar surface area (TPSA) is 47.9 Å². The van der Waals surface area contributed by atoms with Crippen molar-refractivity contribution in [1.82, 2.24) is 0 Å². The maximum Gasteiger partial charge on any atom is 0.363 e. The summed E-state index contributed by atoms with van der Waals surface area (Å²) < 4.78 is 13.5. The average molecular weight is 671 g/mol. The maximum absolute atomic E-state index is 12.5. The van der Waals surface area contributed by atoms with Gasteiger partial charge in [0.2, 0.25) is 5.90 Å². The second-order valence-corrected chi connectivity index (χ2v) is 10.3. The zero-order valence-electron chi connectivity index (χ0n) is 18.2. The van der Waals surface area contributed by atoms with Gasteiger partial charge in [-0.1, -0.05) is 60.2 Å². The molecule has 1 heterocycles. The lowest BCUT2D eigenvalue weighted by Gasteiger charge is -2.12. The lowest BCUT2D eigenvalue weighted by molar-refractivity contribution is -0.129. The van der Waals surface area contributed by atoms with Crippen LogP contribution in [0, 0.1) is 14.1 Å². The average Bonchev–Trinajstić information content (AvgIpc) is 3.19. The van der Waals surface area contributed by atoms with Gasteiger partial charge in [0, 0.05) is 5.56 Å². The van der Waals surface area contributed by atoms with E-state index in [0.29, 0.717) is 12.5 Å². The SMILES string of the molecule is Cc1ccc(COc2c(I)cc(/C=C3\N=C(c4ccc5ccccc5c4)OC3=O)cc2I)cc1. The summed E-state index contributed by atoms with van der Waals surface area (Å²) in [6.45, 7) is 2.57. The summed E-state index contributed by atoms with van der Waals surface area (Å²) >= 11 is 4.52. The molecular formula is C28H19I2NO3. The van der Waals surface area contributed by atoms with Gasteiger partial charge in [-0.15, -0.1) is 0 Å². The molecule has 6 heteroatoms. The number of aliphatic imine (C=N–C) groups is 1. The van der Waals surface area contributed by atoms with Crippen molar-refractivity contribution in [2.24, 2.45) is 4.99 Å². The summed E-state index contributed by atoms with van der Waals surface area (Å²) in [5, 5.41) is 2.20. The van der Waals surface area contributed by atoms with Crippen LogP contribution in [0.5, 0.6) is 5.75 Å². The van der Waals surface area contributed by atoms with Crippen LogP contribution in [0.1, 0.15) is 22.3 Å². The smallest absolute Gasteiger partial charge is 0.363 e. The summed E-state index contributed by atoms with van der Waals surface area (Å²) in [5.41, 5.74) is 4.27. The number of carbonyl (C=O) groups is 1. The minimum Gasteiger partial charge on any atom is -0.487 e. The van der Waals surface area contributed by atoms with Gasteiger partial charge in [-0.05, 0) is 104 Å². The Bertz CT molecular complexity index is 1450. The Balaban J connectivity index is 1.38. The number of cyclic esters (lactones) is 1. The molecule has 4 aromatic rings. The fourth-order valence-corrected chi connectivity index (χ4v) is 5.78. The third kappa shape index (κ3) is 5.02. The first-order valence-electron chi connectivity index (χ1n) is 10.7. The van der Waals surface area contributed by atoms with Gasteiger partial charge in [0.25, 0.3) is 0 Å². The molecule has 0 amide bonds. The van der Waals surface area contributed by atoms with Crippen molar-refractivity contribution in [2.75, 3.05) is 0 Å². The Morgan fingerprint density at radius 2 is 1.62 bits per heavy atom. The molecule has 0 aliphatic carbocycles.